The van der Waals surface area contributed by atoms with Crippen molar-refractivity contribution in [2.75, 3.05) is 0 Å². The Bertz CT molecular complexity index is 3630. The van der Waals surface area contributed by atoms with Gasteiger partial charge in [0.25, 0.3) is 0 Å². The zero-order chi connectivity index (χ0) is 38.3. The van der Waals surface area contributed by atoms with Gasteiger partial charge in [-0.25, -0.2) is 0 Å². The molecular weight excluding hydrogens is 711 g/mol. The van der Waals surface area contributed by atoms with E-state index in [2.05, 4.69) is 205 Å². The fourth-order valence-corrected chi connectivity index (χ4v) is 10.8. The van der Waals surface area contributed by atoms with Gasteiger partial charge in [0.1, 0.15) is 0 Å². The Kier molecular flexibility index (Phi) is 6.08. The standard InChI is InChI=1S/C58H33N/c1-2-6-34(7-3-1)35-20-22-46(23-21-35)59-51-28-26-47(44-30-40-16-12-36-8-4-9-37-13-17-41(31-44)55(40)53(36)37)49-24-25-50-48(27-29-52(59)58(50)57(49)51)45-32-42-18-14-38-10-5-11-39-15-19-43(33-45)56(42)54(38)39/h1-33H. The summed E-state index contributed by atoms with van der Waals surface area (Å²) in [6.07, 6.45) is 0. The Morgan fingerprint density at radius 3 is 1.07 bits per heavy atom. The summed E-state index contributed by atoms with van der Waals surface area (Å²) < 4.78 is 2.48. The van der Waals surface area contributed by atoms with Crippen molar-refractivity contribution < 1.29 is 0 Å². The summed E-state index contributed by atoms with van der Waals surface area (Å²) in [6.45, 7) is 0. The smallest absolute Gasteiger partial charge is 0.0547 e. The molecule has 0 amide bonds. The third kappa shape index (κ3) is 4.29. The first-order valence-electron chi connectivity index (χ1n) is 20.6. The molecule has 1 heterocycles. The van der Waals surface area contributed by atoms with E-state index in [1.807, 2.05) is 0 Å². The number of hydrogen-bond acceptors (Lipinski definition) is 0. The minimum atomic E-state index is 1.16. The highest BCUT2D eigenvalue weighted by Gasteiger charge is 2.22. The van der Waals surface area contributed by atoms with E-state index in [-0.39, 0.29) is 0 Å². The average Bonchev–Trinajstić information content (AvgIpc) is 3.64. The highest BCUT2D eigenvalue weighted by molar-refractivity contribution is 6.30. The van der Waals surface area contributed by atoms with E-state index in [9.17, 15) is 0 Å². The van der Waals surface area contributed by atoms with Gasteiger partial charge < -0.3 is 4.57 Å². The summed E-state index contributed by atoms with van der Waals surface area (Å²) in [5, 5.41) is 20.9. The normalized spacial score (nSPS) is 12.4. The van der Waals surface area contributed by atoms with Gasteiger partial charge in [-0.15, -0.1) is 0 Å². The molecular formula is C58H33N. The molecule has 14 rings (SSSR count). The first-order valence-corrected chi connectivity index (χ1v) is 20.6. The minimum Gasteiger partial charge on any atom is -0.309 e. The molecule has 0 radical (unpaired) electrons. The fraction of sp³-hybridized carbons (Fsp3) is 0. The summed E-state index contributed by atoms with van der Waals surface area (Å²) in [5.41, 5.74) is 11.1. The van der Waals surface area contributed by atoms with E-state index in [4.69, 9.17) is 0 Å². The van der Waals surface area contributed by atoms with Crippen LogP contribution in [0.2, 0.25) is 0 Å². The van der Waals surface area contributed by atoms with Crippen LogP contribution in [-0.2, 0) is 0 Å². The van der Waals surface area contributed by atoms with E-state index in [1.165, 1.54) is 131 Å². The maximum Gasteiger partial charge on any atom is 0.0547 e. The van der Waals surface area contributed by atoms with Crippen LogP contribution in [0.5, 0.6) is 0 Å². The lowest BCUT2D eigenvalue weighted by Crippen LogP contribution is -1.94. The van der Waals surface area contributed by atoms with Crippen LogP contribution in [0.1, 0.15) is 0 Å². The van der Waals surface area contributed by atoms with Crippen molar-refractivity contribution >= 4 is 97.2 Å². The molecule has 0 aliphatic carbocycles. The Morgan fingerprint density at radius 1 is 0.237 bits per heavy atom. The van der Waals surface area contributed by atoms with Crippen LogP contribution >= 0.6 is 0 Å². The van der Waals surface area contributed by atoms with Crippen molar-refractivity contribution in [2.45, 2.75) is 0 Å². The topological polar surface area (TPSA) is 4.93 Å². The second-order valence-corrected chi connectivity index (χ2v) is 16.4. The van der Waals surface area contributed by atoms with Crippen LogP contribution in [0.15, 0.2) is 200 Å². The van der Waals surface area contributed by atoms with E-state index >= 15 is 0 Å². The molecule has 14 aromatic rings. The van der Waals surface area contributed by atoms with Crippen LogP contribution < -0.4 is 0 Å². The van der Waals surface area contributed by atoms with Gasteiger partial charge in [-0.1, -0.05) is 152 Å². The molecule has 0 atom stereocenters. The summed E-state index contributed by atoms with van der Waals surface area (Å²) in [5.74, 6) is 0. The second-order valence-electron chi connectivity index (χ2n) is 16.4. The van der Waals surface area contributed by atoms with Crippen LogP contribution in [0.3, 0.4) is 0 Å². The molecule has 0 unspecified atom stereocenters. The zero-order valence-electron chi connectivity index (χ0n) is 32.0. The molecule has 13 aromatic carbocycles. The molecule has 59 heavy (non-hydrogen) atoms. The number of nitrogens with zero attached hydrogens (tertiary/aromatic N) is 1. The number of benzene rings is 13. The monoisotopic (exact) mass is 743 g/mol. The summed E-state index contributed by atoms with van der Waals surface area (Å²) in [7, 11) is 0. The quantitative estimate of drug-likeness (QED) is 0.158. The van der Waals surface area contributed by atoms with E-state index in [0.29, 0.717) is 0 Å². The average molecular weight is 744 g/mol. The zero-order valence-corrected chi connectivity index (χ0v) is 32.0. The second kappa shape index (κ2) is 11.4. The van der Waals surface area contributed by atoms with E-state index in [1.54, 1.807) is 0 Å². The van der Waals surface area contributed by atoms with Crippen molar-refractivity contribution in [1.82, 2.24) is 4.57 Å². The lowest BCUT2D eigenvalue weighted by molar-refractivity contribution is 1.18. The molecule has 0 fully saturated rings. The van der Waals surface area contributed by atoms with Crippen molar-refractivity contribution in [3.63, 3.8) is 0 Å². The highest BCUT2D eigenvalue weighted by Crippen LogP contribution is 2.47. The molecule has 1 heteroatoms. The van der Waals surface area contributed by atoms with Gasteiger partial charge >= 0.3 is 0 Å². The molecule has 1 aromatic heterocycles. The van der Waals surface area contributed by atoms with Crippen LogP contribution in [0, 0.1) is 0 Å². The molecule has 0 bridgehead atoms. The van der Waals surface area contributed by atoms with Gasteiger partial charge in [-0.05, 0) is 157 Å². The predicted octanol–water partition coefficient (Wildman–Crippen LogP) is 16.2. The third-order valence-corrected chi connectivity index (χ3v) is 13.4. The molecule has 0 aliphatic heterocycles. The van der Waals surface area contributed by atoms with Crippen molar-refractivity contribution in [3.8, 4) is 39.1 Å². The van der Waals surface area contributed by atoms with Gasteiger partial charge in [-0.2, -0.15) is 0 Å². The third-order valence-electron chi connectivity index (χ3n) is 13.4. The van der Waals surface area contributed by atoms with Gasteiger partial charge in [0, 0.05) is 16.5 Å². The molecule has 0 saturated heterocycles. The first-order chi connectivity index (χ1) is 29.2. The lowest BCUT2D eigenvalue weighted by atomic mass is 9.88. The molecule has 0 N–H and O–H groups in total. The van der Waals surface area contributed by atoms with Gasteiger partial charge in [0.05, 0.1) is 11.0 Å². The maximum atomic E-state index is 2.48. The predicted molar refractivity (Wildman–Crippen MR) is 253 cm³/mol. The highest BCUT2D eigenvalue weighted by atomic mass is 15.0. The largest absolute Gasteiger partial charge is 0.309 e. The van der Waals surface area contributed by atoms with E-state index < -0.39 is 0 Å². The molecule has 0 aliphatic rings. The number of rotatable bonds is 4. The molecule has 1 nitrogen and oxygen atoms in total. The van der Waals surface area contributed by atoms with Gasteiger partial charge in [0.15, 0.2) is 0 Å². The van der Waals surface area contributed by atoms with Crippen LogP contribution in [0.25, 0.3) is 136 Å². The van der Waals surface area contributed by atoms with E-state index in [0.717, 1.165) is 5.69 Å². The van der Waals surface area contributed by atoms with Crippen LogP contribution in [0.4, 0.5) is 0 Å². The first kappa shape index (κ1) is 31.4. The summed E-state index contributed by atoms with van der Waals surface area (Å²) in [6, 6.07) is 75.2. The molecule has 270 valence electrons. The number of aromatic nitrogens is 1. The fourth-order valence-electron chi connectivity index (χ4n) is 10.8. The van der Waals surface area contributed by atoms with Crippen LogP contribution in [-0.4, -0.2) is 4.57 Å². The van der Waals surface area contributed by atoms with Crippen molar-refractivity contribution in [1.29, 1.82) is 0 Å². The Hall–Kier alpha value is -7.74. The SMILES string of the molecule is c1ccc(-c2ccc(-n3c4ccc(-c5cc6ccc7cccc8ccc(c5)c6c78)c5ccc6c(-c7cc8ccc9cccc%10ccc(c7)c8c9%10)ccc3c6c54)cc2)cc1. The van der Waals surface area contributed by atoms with Crippen molar-refractivity contribution in [3.05, 3.63) is 200 Å². The summed E-state index contributed by atoms with van der Waals surface area (Å²) in [4.78, 5) is 0. The van der Waals surface area contributed by atoms with Gasteiger partial charge in [-0.3, -0.25) is 0 Å². The minimum absolute atomic E-state index is 1.16. The summed E-state index contributed by atoms with van der Waals surface area (Å²) >= 11 is 0. The maximum absolute atomic E-state index is 2.48. The Morgan fingerprint density at radius 2 is 0.627 bits per heavy atom. The Balaban J connectivity index is 1.03. The Labute approximate surface area is 339 Å². The number of hydrogen-bond donors (Lipinski definition) is 0. The van der Waals surface area contributed by atoms with Crippen molar-refractivity contribution in [2.24, 2.45) is 0 Å². The lowest BCUT2D eigenvalue weighted by Gasteiger charge is -2.15. The van der Waals surface area contributed by atoms with Gasteiger partial charge in [0.2, 0.25) is 0 Å². The molecule has 0 spiro atoms. The molecule has 0 saturated carbocycles.